The van der Waals surface area contributed by atoms with Crippen molar-refractivity contribution in [2.45, 2.75) is 20.8 Å². The highest BCUT2D eigenvalue weighted by Gasteiger charge is 2.18. The molecule has 2 aromatic rings. The van der Waals surface area contributed by atoms with E-state index in [0.29, 0.717) is 54.2 Å². The van der Waals surface area contributed by atoms with Crippen molar-refractivity contribution in [3.05, 3.63) is 36.0 Å². The summed E-state index contributed by atoms with van der Waals surface area (Å²) in [5.41, 5.74) is 0.955. The molecule has 1 heterocycles. The fourth-order valence-electron chi connectivity index (χ4n) is 2.30. The van der Waals surface area contributed by atoms with Gasteiger partial charge in [-0.05, 0) is 39.0 Å². The van der Waals surface area contributed by atoms with Gasteiger partial charge in [-0.3, -0.25) is 4.79 Å². The Hall–Kier alpha value is -2.96. The molecule has 0 radical (unpaired) electrons. The first-order chi connectivity index (χ1) is 12.6. The summed E-state index contributed by atoms with van der Waals surface area (Å²) in [5, 5.41) is 2.79. The molecular formula is C19H24N2O5. The molecule has 0 saturated heterocycles. The number of carbonyl (C=O) groups is 1. The van der Waals surface area contributed by atoms with E-state index in [-0.39, 0.29) is 5.91 Å². The summed E-state index contributed by atoms with van der Waals surface area (Å²) in [6, 6.07) is 6.67. The molecule has 0 aliphatic heterocycles. The number of hydrogen-bond acceptors (Lipinski definition) is 6. The van der Waals surface area contributed by atoms with Gasteiger partial charge in [0.2, 0.25) is 11.6 Å². The maximum Gasteiger partial charge on any atom is 0.255 e. The Bertz CT molecular complexity index is 704. The quantitative estimate of drug-likeness (QED) is 0.737. The zero-order valence-corrected chi connectivity index (χ0v) is 15.5. The van der Waals surface area contributed by atoms with Crippen LogP contribution in [0.4, 0.5) is 5.69 Å². The number of nitrogens with one attached hydrogen (secondary N) is 1. The first kappa shape index (κ1) is 19.4. The molecular weight excluding hydrogens is 336 g/mol. The van der Waals surface area contributed by atoms with Crippen LogP contribution in [0.15, 0.2) is 30.5 Å². The zero-order valence-electron chi connectivity index (χ0n) is 15.5. The average Bonchev–Trinajstić information content (AvgIpc) is 2.65. The van der Waals surface area contributed by atoms with E-state index in [1.807, 2.05) is 20.8 Å². The van der Waals surface area contributed by atoms with Crippen LogP contribution in [0.1, 0.15) is 31.1 Å². The highest BCUT2D eigenvalue weighted by Crippen LogP contribution is 2.39. The monoisotopic (exact) mass is 360 g/mol. The first-order valence-corrected chi connectivity index (χ1v) is 8.50. The van der Waals surface area contributed by atoms with Crippen LogP contribution < -0.4 is 24.3 Å². The summed E-state index contributed by atoms with van der Waals surface area (Å²) in [7, 11) is 1.53. The summed E-state index contributed by atoms with van der Waals surface area (Å²) in [6.07, 6.45) is 1.53. The van der Waals surface area contributed by atoms with Crippen molar-refractivity contribution < 1.29 is 23.7 Å². The molecule has 0 aliphatic carbocycles. The number of ether oxygens (including phenoxy) is 4. The molecule has 0 fully saturated rings. The molecule has 7 nitrogen and oxygen atoms in total. The van der Waals surface area contributed by atoms with E-state index in [4.69, 9.17) is 18.9 Å². The molecule has 0 aliphatic rings. The Morgan fingerprint density at radius 1 is 1.00 bits per heavy atom. The van der Waals surface area contributed by atoms with E-state index < -0.39 is 0 Å². The second-order valence-corrected chi connectivity index (χ2v) is 5.14. The van der Waals surface area contributed by atoms with Crippen LogP contribution in [0.25, 0.3) is 0 Å². The molecule has 0 bridgehead atoms. The summed E-state index contributed by atoms with van der Waals surface area (Å²) < 4.78 is 21.9. The third kappa shape index (κ3) is 4.78. The molecule has 1 aromatic heterocycles. The van der Waals surface area contributed by atoms with Crippen LogP contribution in [-0.4, -0.2) is 37.8 Å². The van der Waals surface area contributed by atoms with Crippen molar-refractivity contribution >= 4 is 11.6 Å². The van der Waals surface area contributed by atoms with Crippen LogP contribution in [0.3, 0.4) is 0 Å². The van der Waals surface area contributed by atoms with Crippen molar-refractivity contribution in [2.24, 2.45) is 0 Å². The second-order valence-electron chi connectivity index (χ2n) is 5.14. The number of nitrogens with zero attached hydrogens (tertiary/aromatic N) is 1. The highest BCUT2D eigenvalue weighted by molar-refractivity contribution is 6.05. The molecule has 1 aromatic carbocycles. The number of rotatable bonds is 9. The van der Waals surface area contributed by atoms with Crippen LogP contribution in [0.5, 0.6) is 23.1 Å². The maximum atomic E-state index is 12.6. The Kier molecular flexibility index (Phi) is 7.08. The van der Waals surface area contributed by atoms with Crippen molar-refractivity contribution in [1.29, 1.82) is 0 Å². The molecule has 0 atom stereocenters. The molecule has 2 rings (SSSR count). The number of hydrogen-bond donors (Lipinski definition) is 1. The summed E-state index contributed by atoms with van der Waals surface area (Å²) in [5.74, 6) is 1.61. The van der Waals surface area contributed by atoms with Gasteiger partial charge in [-0.15, -0.1) is 0 Å². The first-order valence-electron chi connectivity index (χ1n) is 8.50. The number of carbonyl (C=O) groups excluding carboxylic acids is 1. The Morgan fingerprint density at radius 2 is 1.62 bits per heavy atom. The number of methoxy groups -OCH3 is 1. The number of benzene rings is 1. The minimum Gasteiger partial charge on any atom is -0.490 e. The average molecular weight is 360 g/mol. The van der Waals surface area contributed by atoms with Crippen molar-refractivity contribution in [1.82, 2.24) is 4.98 Å². The highest BCUT2D eigenvalue weighted by atomic mass is 16.5. The minimum atomic E-state index is -0.304. The van der Waals surface area contributed by atoms with Gasteiger partial charge in [0, 0.05) is 11.6 Å². The molecule has 1 amide bonds. The number of pyridine rings is 1. The van der Waals surface area contributed by atoms with Gasteiger partial charge in [0.25, 0.3) is 5.91 Å². The lowest BCUT2D eigenvalue weighted by Gasteiger charge is -2.17. The normalized spacial score (nSPS) is 10.2. The number of anilines is 1. The van der Waals surface area contributed by atoms with E-state index in [0.717, 1.165) is 0 Å². The van der Waals surface area contributed by atoms with Gasteiger partial charge in [0.1, 0.15) is 0 Å². The fraction of sp³-hybridized carbons (Fsp3) is 0.368. The third-order valence-corrected chi connectivity index (χ3v) is 3.37. The van der Waals surface area contributed by atoms with Gasteiger partial charge >= 0.3 is 0 Å². The summed E-state index contributed by atoms with van der Waals surface area (Å²) in [6.45, 7) is 6.96. The summed E-state index contributed by atoms with van der Waals surface area (Å²) in [4.78, 5) is 16.7. The van der Waals surface area contributed by atoms with Gasteiger partial charge in [-0.2, -0.15) is 0 Å². The van der Waals surface area contributed by atoms with Gasteiger partial charge in [0.15, 0.2) is 11.5 Å². The SMILES string of the molecule is CCOc1cc(C(=O)Nc2ccc(OC)nc2)cc(OCC)c1OCC. The molecule has 0 unspecified atom stereocenters. The van der Waals surface area contributed by atoms with Crippen molar-refractivity contribution in [3.8, 4) is 23.1 Å². The molecule has 1 N–H and O–H groups in total. The van der Waals surface area contributed by atoms with Crippen molar-refractivity contribution in [3.63, 3.8) is 0 Å². The van der Waals surface area contributed by atoms with Gasteiger partial charge in [-0.1, -0.05) is 0 Å². The molecule has 0 saturated carbocycles. The standard InChI is InChI=1S/C19H24N2O5/c1-5-24-15-10-13(11-16(25-6-2)18(15)26-7-3)19(22)21-14-8-9-17(23-4)20-12-14/h8-12H,5-7H2,1-4H3,(H,21,22). The van der Waals surface area contributed by atoms with E-state index in [9.17, 15) is 4.79 Å². The van der Waals surface area contributed by atoms with Gasteiger partial charge < -0.3 is 24.3 Å². The maximum absolute atomic E-state index is 12.6. The predicted octanol–water partition coefficient (Wildman–Crippen LogP) is 3.54. The minimum absolute atomic E-state index is 0.304. The molecule has 26 heavy (non-hydrogen) atoms. The van der Waals surface area contributed by atoms with E-state index in [1.165, 1.54) is 13.3 Å². The lowest BCUT2D eigenvalue weighted by molar-refractivity contribution is 0.102. The van der Waals surface area contributed by atoms with E-state index in [2.05, 4.69) is 10.3 Å². The molecule has 0 spiro atoms. The zero-order chi connectivity index (χ0) is 18.9. The Labute approximate surface area is 153 Å². The van der Waals surface area contributed by atoms with Crippen LogP contribution >= 0.6 is 0 Å². The summed E-state index contributed by atoms with van der Waals surface area (Å²) >= 11 is 0. The molecule has 7 heteroatoms. The Balaban J connectivity index is 2.32. The van der Waals surface area contributed by atoms with E-state index in [1.54, 1.807) is 24.3 Å². The van der Waals surface area contributed by atoms with Crippen molar-refractivity contribution in [2.75, 3.05) is 32.2 Å². The topological polar surface area (TPSA) is 78.9 Å². The van der Waals surface area contributed by atoms with Gasteiger partial charge in [-0.25, -0.2) is 4.98 Å². The lowest BCUT2D eigenvalue weighted by Crippen LogP contribution is -2.13. The predicted molar refractivity (Wildman–Crippen MR) is 98.7 cm³/mol. The second kappa shape index (κ2) is 9.50. The molecule has 140 valence electrons. The van der Waals surface area contributed by atoms with Crippen LogP contribution in [-0.2, 0) is 0 Å². The number of amides is 1. The number of aromatic nitrogens is 1. The van der Waals surface area contributed by atoms with Crippen LogP contribution in [0.2, 0.25) is 0 Å². The Morgan fingerprint density at radius 3 is 2.08 bits per heavy atom. The lowest BCUT2D eigenvalue weighted by atomic mass is 10.1. The third-order valence-electron chi connectivity index (χ3n) is 3.37. The smallest absolute Gasteiger partial charge is 0.255 e. The van der Waals surface area contributed by atoms with E-state index >= 15 is 0 Å². The fourth-order valence-corrected chi connectivity index (χ4v) is 2.30. The van der Waals surface area contributed by atoms with Gasteiger partial charge in [0.05, 0.1) is 38.8 Å². The largest absolute Gasteiger partial charge is 0.490 e. The van der Waals surface area contributed by atoms with Crippen LogP contribution in [0, 0.1) is 0 Å².